The van der Waals surface area contributed by atoms with Gasteiger partial charge in [-0.3, -0.25) is 29.4 Å². The Morgan fingerprint density at radius 3 is 2.71 bits per heavy atom. The van der Waals surface area contributed by atoms with Gasteiger partial charge in [0.25, 0.3) is 11.1 Å². The number of carbonyl (C=O) groups excluding carboxylic acids is 3. The molecule has 1 aromatic heterocycles. The summed E-state index contributed by atoms with van der Waals surface area (Å²) in [7, 11) is 0. The van der Waals surface area contributed by atoms with Crippen LogP contribution in [-0.2, 0) is 4.79 Å². The highest BCUT2D eigenvalue weighted by Crippen LogP contribution is 2.30. The number of thioether (sulfide) groups is 1. The third-order valence-corrected chi connectivity index (χ3v) is 4.99. The van der Waals surface area contributed by atoms with Gasteiger partial charge in [0.05, 0.1) is 23.9 Å². The normalized spacial score (nSPS) is 24.2. The van der Waals surface area contributed by atoms with Crippen molar-refractivity contribution in [2.24, 2.45) is 0 Å². The Hall–Kier alpha value is -2.36. The highest BCUT2D eigenvalue weighted by atomic mass is 32.2. The van der Waals surface area contributed by atoms with Crippen molar-refractivity contribution in [3.63, 3.8) is 0 Å². The highest BCUT2D eigenvalue weighted by molar-refractivity contribution is 8.14. The summed E-state index contributed by atoms with van der Waals surface area (Å²) in [6.45, 7) is 0. The van der Waals surface area contributed by atoms with Crippen molar-refractivity contribution in [2.75, 3.05) is 5.75 Å². The predicted molar refractivity (Wildman–Crippen MR) is 83.6 cm³/mol. The zero-order valence-electron chi connectivity index (χ0n) is 12.6. The van der Waals surface area contributed by atoms with Crippen LogP contribution >= 0.6 is 11.8 Å². The zero-order valence-corrected chi connectivity index (χ0v) is 13.4. The number of nitro groups is 1. The summed E-state index contributed by atoms with van der Waals surface area (Å²) in [6.07, 6.45) is 2.98. The van der Waals surface area contributed by atoms with Crippen LogP contribution < -0.4 is 5.32 Å². The summed E-state index contributed by atoms with van der Waals surface area (Å²) in [6, 6.07) is 1.56. The van der Waals surface area contributed by atoms with Gasteiger partial charge >= 0.3 is 5.88 Å². The lowest BCUT2D eigenvalue weighted by Crippen LogP contribution is -2.54. The maximum absolute atomic E-state index is 12.3. The van der Waals surface area contributed by atoms with E-state index in [2.05, 4.69) is 5.32 Å². The molecular formula is C14H15N3O6S. The number of hydrogen-bond donors (Lipinski definition) is 1. The molecule has 3 rings (SSSR count). The second-order valence-corrected chi connectivity index (χ2v) is 6.57. The van der Waals surface area contributed by atoms with Crippen LogP contribution in [0, 0.1) is 10.1 Å². The SMILES string of the molecule is O=C(N[C@H]1CCCC[C@@H]1N1C(=O)CSC1=O)c1ccc([N+](=O)[O-])o1. The largest absolute Gasteiger partial charge is 0.433 e. The summed E-state index contributed by atoms with van der Waals surface area (Å²) >= 11 is 0.962. The van der Waals surface area contributed by atoms with Gasteiger partial charge in [-0.25, -0.2) is 0 Å². The van der Waals surface area contributed by atoms with Crippen molar-refractivity contribution in [3.8, 4) is 0 Å². The molecule has 2 atom stereocenters. The second kappa shape index (κ2) is 6.63. The smallest absolute Gasteiger partial charge is 0.395 e. The maximum Gasteiger partial charge on any atom is 0.433 e. The van der Waals surface area contributed by atoms with E-state index in [4.69, 9.17) is 4.42 Å². The van der Waals surface area contributed by atoms with Crippen LogP contribution in [0.25, 0.3) is 0 Å². The third kappa shape index (κ3) is 3.14. The van der Waals surface area contributed by atoms with Crippen molar-refractivity contribution in [1.82, 2.24) is 10.2 Å². The first-order chi connectivity index (χ1) is 11.5. The number of rotatable bonds is 4. The van der Waals surface area contributed by atoms with Gasteiger partial charge in [-0.1, -0.05) is 24.6 Å². The molecule has 1 aliphatic carbocycles. The van der Waals surface area contributed by atoms with Gasteiger partial charge in [-0.2, -0.15) is 0 Å². The quantitative estimate of drug-likeness (QED) is 0.648. The van der Waals surface area contributed by atoms with Gasteiger partial charge in [0.2, 0.25) is 5.91 Å². The van der Waals surface area contributed by atoms with Gasteiger partial charge in [0.15, 0.2) is 5.76 Å². The van der Waals surface area contributed by atoms with E-state index < -0.39 is 16.7 Å². The zero-order chi connectivity index (χ0) is 17.3. The summed E-state index contributed by atoms with van der Waals surface area (Å²) in [5.74, 6) is -1.39. The summed E-state index contributed by atoms with van der Waals surface area (Å²) in [4.78, 5) is 47.3. The Bertz CT molecular complexity index is 686. The molecule has 1 N–H and O–H groups in total. The molecule has 2 aliphatic rings. The van der Waals surface area contributed by atoms with E-state index in [9.17, 15) is 24.5 Å². The van der Waals surface area contributed by atoms with Crippen LogP contribution in [0.1, 0.15) is 36.2 Å². The lowest BCUT2D eigenvalue weighted by Gasteiger charge is -2.36. The number of hydrogen-bond acceptors (Lipinski definition) is 7. The van der Waals surface area contributed by atoms with Gasteiger partial charge in [0, 0.05) is 0 Å². The Labute approximate surface area is 140 Å². The van der Waals surface area contributed by atoms with Crippen LogP contribution in [0.2, 0.25) is 0 Å². The molecule has 1 saturated carbocycles. The Kier molecular flexibility index (Phi) is 4.56. The number of carbonyl (C=O) groups is 3. The minimum Gasteiger partial charge on any atom is -0.395 e. The Morgan fingerprint density at radius 2 is 2.08 bits per heavy atom. The standard InChI is InChI=1S/C14H15N3O6S/c18-11-7-24-14(20)16(11)9-4-2-1-3-8(9)15-13(19)10-5-6-12(23-10)17(21)22/h5-6,8-9H,1-4,7H2,(H,15,19)/t8-,9-/m0/s1. The molecule has 0 radical (unpaired) electrons. The van der Waals surface area contributed by atoms with Crippen LogP contribution in [0.5, 0.6) is 0 Å². The minimum absolute atomic E-state index is 0.125. The van der Waals surface area contributed by atoms with Crippen LogP contribution in [0.3, 0.4) is 0 Å². The molecule has 128 valence electrons. The summed E-state index contributed by atoms with van der Waals surface area (Å²) in [5.41, 5.74) is 0. The van der Waals surface area contributed by atoms with E-state index in [1.165, 1.54) is 11.0 Å². The van der Waals surface area contributed by atoms with Crippen molar-refractivity contribution < 1.29 is 23.7 Å². The lowest BCUT2D eigenvalue weighted by molar-refractivity contribution is -0.402. The molecular weight excluding hydrogens is 338 g/mol. The molecule has 0 unspecified atom stereocenters. The highest BCUT2D eigenvalue weighted by Gasteiger charge is 2.41. The average Bonchev–Trinajstić information content (AvgIpc) is 3.16. The molecule has 1 aromatic rings. The van der Waals surface area contributed by atoms with Crippen molar-refractivity contribution in [1.29, 1.82) is 0 Å². The van der Waals surface area contributed by atoms with Gasteiger partial charge in [-0.05, 0) is 18.9 Å². The topological polar surface area (TPSA) is 123 Å². The first-order valence-electron chi connectivity index (χ1n) is 7.51. The van der Waals surface area contributed by atoms with Crippen molar-refractivity contribution in [2.45, 2.75) is 37.8 Å². The molecule has 0 bridgehead atoms. The van der Waals surface area contributed by atoms with E-state index in [0.717, 1.165) is 30.7 Å². The predicted octanol–water partition coefficient (Wildman–Crippen LogP) is 1.92. The molecule has 2 heterocycles. The Balaban J connectivity index is 1.73. The summed E-state index contributed by atoms with van der Waals surface area (Å²) < 4.78 is 4.89. The fourth-order valence-corrected chi connectivity index (χ4v) is 3.82. The molecule has 1 saturated heterocycles. The lowest BCUT2D eigenvalue weighted by atomic mass is 9.89. The Morgan fingerprint density at radius 1 is 1.33 bits per heavy atom. The van der Waals surface area contributed by atoms with Gasteiger partial charge < -0.3 is 9.73 Å². The molecule has 1 aliphatic heterocycles. The molecule has 0 spiro atoms. The van der Waals surface area contributed by atoms with E-state index in [1.807, 2.05) is 0 Å². The van der Waals surface area contributed by atoms with E-state index in [-0.39, 0.29) is 34.7 Å². The molecule has 3 amide bonds. The fourth-order valence-electron chi connectivity index (χ4n) is 3.06. The first-order valence-corrected chi connectivity index (χ1v) is 8.50. The number of nitrogens with one attached hydrogen (secondary N) is 1. The van der Waals surface area contributed by atoms with E-state index in [1.54, 1.807) is 0 Å². The number of furan rings is 1. The van der Waals surface area contributed by atoms with Gasteiger partial charge in [-0.15, -0.1) is 0 Å². The van der Waals surface area contributed by atoms with Crippen LogP contribution in [0.4, 0.5) is 10.7 Å². The minimum atomic E-state index is -0.723. The third-order valence-electron chi connectivity index (χ3n) is 4.16. The monoisotopic (exact) mass is 353 g/mol. The summed E-state index contributed by atoms with van der Waals surface area (Å²) in [5, 5.41) is 13.1. The number of amides is 3. The molecule has 10 heteroatoms. The second-order valence-electron chi connectivity index (χ2n) is 5.65. The van der Waals surface area contributed by atoms with Crippen molar-refractivity contribution >= 4 is 34.7 Å². The molecule has 9 nitrogen and oxygen atoms in total. The molecule has 24 heavy (non-hydrogen) atoms. The molecule has 2 fully saturated rings. The number of imide groups is 1. The fraction of sp³-hybridized carbons (Fsp3) is 0.500. The van der Waals surface area contributed by atoms with E-state index >= 15 is 0 Å². The molecule has 0 aromatic carbocycles. The maximum atomic E-state index is 12.3. The van der Waals surface area contributed by atoms with Crippen molar-refractivity contribution in [3.05, 3.63) is 28.0 Å². The average molecular weight is 353 g/mol. The number of nitrogens with zero attached hydrogens (tertiary/aromatic N) is 2. The van der Waals surface area contributed by atoms with Crippen LogP contribution in [-0.4, -0.2) is 44.7 Å². The first kappa shape index (κ1) is 16.5. The van der Waals surface area contributed by atoms with E-state index in [0.29, 0.717) is 12.8 Å². The van der Waals surface area contributed by atoms with Gasteiger partial charge in [0.1, 0.15) is 4.92 Å². The van der Waals surface area contributed by atoms with Crippen LogP contribution in [0.15, 0.2) is 16.5 Å².